The predicted molar refractivity (Wildman–Crippen MR) is 223 cm³/mol. The molecule has 0 amide bonds. The third-order valence-corrected chi connectivity index (χ3v) is 10.4. The summed E-state index contributed by atoms with van der Waals surface area (Å²) in [5.41, 5.74) is 5.68. The van der Waals surface area contributed by atoms with E-state index in [4.69, 9.17) is 15.2 Å². The van der Waals surface area contributed by atoms with Crippen molar-refractivity contribution in [2.75, 3.05) is 63.7 Å². The number of unbranched alkanes of at least 4 members (excludes halogenated alkanes) is 24. The molecular weight excluding hydrogens is 652 g/mol. The summed E-state index contributed by atoms with van der Waals surface area (Å²) in [6.45, 7) is 6.68. The summed E-state index contributed by atoms with van der Waals surface area (Å²) in [7, 11) is 1.61. The van der Waals surface area contributed by atoms with E-state index in [1.807, 2.05) is 0 Å². The summed E-state index contributed by atoms with van der Waals surface area (Å²) in [4.78, 5) is 23.9. The SMILES string of the molecule is CCCCCCCCCCCCCCNCCCCCCCCCCCCCCCCC(N)CC(O)CNc1c(NCCOCCOC)c(=O)c1=O. The Morgan fingerprint density at radius 1 is 0.558 bits per heavy atom. The fourth-order valence-electron chi connectivity index (χ4n) is 6.99. The van der Waals surface area contributed by atoms with E-state index in [-0.39, 0.29) is 24.0 Å². The molecule has 0 bridgehead atoms. The van der Waals surface area contributed by atoms with E-state index in [1.165, 1.54) is 174 Å². The van der Waals surface area contributed by atoms with E-state index < -0.39 is 17.0 Å². The fourth-order valence-corrected chi connectivity index (χ4v) is 6.99. The van der Waals surface area contributed by atoms with Crippen molar-refractivity contribution in [1.29, 1.82) is 0 Å². The molecule has 0 saturated heterocycles. The van der Waals surface area contributed by atoms with Crippen LogP contribution < -0.4 is 32.5 Å². The lowest BCUT2D eigenvalue weighted by Crippen LogP contribution is -2.40. The number of nitrogens with one attached hydrogen (secondary N) is 3. The molecule has 9 nitrogen and oxygen atoms in total. The third kappa shape index (κ3) is 28.0. The minimum atomic E-state index is -0.675. The minimum Gasteiger partial charge on any atom is -0.391 e. The summed E-state index contributed by atoms with van der Waals surface area (Å²) in [5.74, 6) is 0. The van der Waals surface area contributed by atoms with Crippen LogP contribution in [0.5, 0.6) is 0 Å². The minimum absolute atomic E-state index is 0.0723. The van der Waals surface area contributed by atoms with Crippen LogP contribution >= 0.6 is 0 Å². The maximum absolute atomic E-state index is 12.0. The van der Waals surface area contributed by atoms with Gasteiger partial charge in [0.1, 0.15) is 11.4 Å². The van der Waals surface area contributed by atoms with Gasteiger partial charge in [-0.25, -0.2) is 0 Å². The first-order valence-corrected chi connectivity index (χ1v) is 22.0. The Morgan fingerprint density at radius 2 is 0.981 bits per heavy atom. The van der Waals surface area contributed by atoms with Crippen LogP contribution in [0.15, 0.2) is 9.59 Å². The predicted octanol–water partition coefficient (Wildman–Crippen LogP) is 8.99. The topological polar surface area (TPSA) is 135 Å². The molecule has 6 N–H and O–H groups in total. The van der Waals surface area contributed by atoms with Crippen molar-refractivity contribution in [2.45, 2.75) is 199 Å². The number of ether oxygens (including phenoxy) is 2. The summed E-state index contributed by atoms with van der Waals surface area (Å²) >= 11 is 0. The molecule has 1 rings (SSSR count). The van der Waals surface area contributed by atoms with Crippen LogP contribution in [0.2, 0.25) is 0 Å². The molecule has 52 heavy (non-hydrogen) atoms. The molecule has 0 aliphatic rings. The summed E-state index contributed by atoms with van der Waals surface area (Å²) in [5, 5.41) is 20.0. The van der Waals surface area contributed by atoms with E-state index in [0.29, 0.717) is 32.8 Å². The first-order chi connectivity index (χ1) is 25.5. The molecule has 0 radical (unpaired) electrons. The Kier molecular flexibility index (Phi) is 34.0. The van der Waals surface area contributed by atoms with Gasteiger partial charge in [0.2, 0.25) is 0 Å². The van der Waals surface area contributed by atoms with Gasteiger partial charge < -0.3 is 36.3 Å². The smallest absolute Gasteiger partial charge is 0.253 e. The van der Waals surface area contributed by atoms with E-state index in [1.54, 1.807) is 7.11 Å². The van der Waals surface area contributed by atoms with Crippen LogP contribution in [0.4, 0.5) is 11.4 Å². The maximum Gasteiger partial charge on any atom is 0.253 e. The van der Waals surface area contributed by atoms with Gasteiger partial charge in [-0.2, -0.15) is 0 Å². The highest BCUT2D eigenvalue weighted by Crippen LogP contribution is 2.17. The molecule has 1 aromatic rings. The van der Waals surface area contributed by atoms with Crippen LogP contribution in [0, 0.1) is 0 Å². The number of nitrogens with two attached hydrogens (primary N) is 1. The number of methoxy groups -OCH3 is 1. The summed E-state index contributed by atoms with van der Waals surface area (Å²) < 4.78 is 10.3. The Morgan fingerprint density at radius 3 is 1.44 bits per heavy atom. The highest BCUT2D eigenvalue weighted by Gasteiger charge is 2.21. The van der Waals surface area contributed by atoms with Gasteiger partial charge >= 0.3 is 0 Å². The lowest BCUT2D eigenvalue weighted by Gasteiger charge is -2.19. The number of aliphatic hydroxyl groups excluding tert-OH is 1. The van der Waals surface area contributed by atoms with E-state index in [9.17, 15) is 14.7 Å². The van der Waals surface area contributed by atoms with Gasteiger partial charge in [0.05, 0.1) is 25.9 Å². The van der Waals surface area contributed by atoms with E-state index >= 15 is 0 Å². The van der Waals surface area contributed by atoms with Crippen molar-refractivity contribution in [3.05, 3.63) is 20.4 Å². The molecule has 0 fully saturated rings. The van der Waals surface area contributed by atoms with Gasteiger partial charge in [-0.15, -0.1) is 0 Å². The Bertz CT molecular complexity index is 970. The van der Waals surface area contributed by atoms with Gasteiger partial charge in [-0.05, 0) is 38.8 Å². The van der Waals surface area contributed by atoms with Gasteiger partial charge in [0.15, 0.2) is 0 Å². The zero-order valence-electron chi connectivity index (χ0n) is 34.1. The van der Waals surface area contributed by atoms with Crippen LogP contribution in [0.25, 0.3) is 0 Å². The van der Waals surface area contributed by atoms with Crippen LogP contribution in [0.3, 0.4) is 0 Å². The molecule has 9 heteroatoms. The second-order valence-corrected chi connectivity index (χ2v) is 15.3. The van der Waals surface area contributed by atoms with E-state index in [0.717, 1.165) is 12.8 Å². The maximum atomic E-state index is 12.0. The van der Waals surface area contributed by atoms with Crippen molar-refractivity contribution < 1.29 is 14.6 Å². The molecular formula is C43H84N4O5. The zero-order chi connectivity index (χ0) is 37.7. The molecule has 0 heterocycles. The average molecular weight is 737 g/mol. The number of anilines is 2. The first kappa shape index (κ1) is 48.5. The van der Waals surface area contributed by atoms with Gasteiger partial charge in [0.25, 0.3) is 10.9 Å². The largest absolute Gasteiger partial charge is 0.391 e. The second-order valence-electron chi connectivity index (χ2n) is 15.3. The quantitative estimate of drug-likeness (QED) is 0.0329. The van der Waals surface area contributed by atoms with Crippen molar-refractivity contribution in [3.8, 4) is 0 Å². The molecule has 1 aromatic carbocycles. The van der Waals surface area contributed by atoms with Gasteiger partial charge in [-0.1, -0.05) is 161 Å². The fraction of sp³-hybridized carbons (Fsp3) is 0.907. The van der Waals surface area contributed by atoms with Crippen molar-refractivity contribution in [3.63, 3.8) is 0 Å². The number of aliphatic hydroxyl groups is 1. The average Bonchev–Trinajstić information content (AvgIpc) is 3.14. The van der Waals surface area contributed by atoms with E-state index in [2.05, 4.69) is 22.9 Å². The van der Waals surface area contributed by atoms with Crippen LogP contribution in [0.1, 0.15) is 187 Å². The number of rotatable bonds is 42. The molecule has 306 valence electrons. The Hall–Kier alpha value is -1.52. The molecule has 2 atom stereocenters. The zero-order valence-corrected chi connectivity index (χ0v) is 34.1. The molecule has 0 spiro atoms. The van der Waals surface area contributed by atoms with Crippen molar-refractivity contribution >= 4 is 11.4 Å². The summed E-state index contributed by atoms with van der Waals surface area (Å²) in [6, 6.07) is -0.0723. The van der Waals surface area contributed by atoms with Crippen molar-refractivity contribution in [1.82, 2.24) is 5.32 Å². The second kappa shape index (κ2) is 36.5. The first-order valence-electron chi connectivity index (χ1n) is 22.0. The Balaban J connectivity index is 1.81. The van der Waals surface area contributed by atoms with Crippen LogP contribution in [-0.2, 0) is 9.47 Å². The van der Waals surface area contributed by atoms with Crippen molar-refractivity contribution in [2.24, 2.45) is 5.73 Å². The lowest BCUT2D eigenvalue weighted by molar-refractivity contribution is 0.0759. The summed E-state index contributed by atoms with van der Waals surface area (Å²) in [6.07, 6.45) is 36.3. The number of hydrogen-bond acceptors (Lipinski definition) is 9. The molecule has 2 unspecified atom stereocenters. The molecule has 0 aromatic heterocycles. The number of hydrogen-bond donors (Lipinski definition) is 5. The highest BCUT2D eigenvalue weighted by molar-refractivity contribution is 5.73. The van der Waals surface area contributed by atoms with Gasteiger partial charge in [0, 0.05) is 26.2 Å². The highest BCUT2D eigenvalue weighted by atomic mass is 16.5. The lowest BCUT2D eigenvalue weighted by atomic mass is 10.0. The normalized spacial score (nSPS) is 12.8. The molecule has 0 saturated carbocycles. The van der Waals surface area contributed by atoms with Gasteiger partial charge in [-0.3, -0.25) is 9.59 Å². The van der Waals surface area contributed by atoms with Crippen LogP contribution in [-0.4, -0.2) is 70.4 Å². The Labute approximate surface area is 319 Å². The monoisotopic (exact) mass is 737 g/mol. The molecule has 0 aliphatic heterocycles. The standard InChI is InChI=1S/C43H84N4O5/c1-3-4-5-6-7-8-9-15-18-21-24-27-30-45-31-28-25-22-19-16-13-11-10-12-14-17-20-23-26-29-38(44)36-39(48)37-47-41-40(42(49)43(41)50)46-32-33-52-35-34-51-2/h38-39,45-48H,3-37,44H2,1-2H3. The molecule has 0 aliphatic carbocycles. The third-order valence-electron chi connectivity index (χ3n) is 10.4.